The van der Waals surface area contributed by atoms with Gasteiger partial charge in [-0.2, -0.15) is 0 Å². The molecule has 0 saturated heterocycles. The third-order valence-corrected chi connectivity index (χ3v) is 3.54. The standard InChI is InChI=1S/C17H28N2O2/c1-14(2)10-16(12-18)11-17(21)19(8-9-20)13-15-6-4-3-5-7-15/h3-7,14,16,20H,8-13,18H2,1-2H3. The highest BCUT2D eigenvalue weighted by Crippen LogP contribution is 2.16. The second-order valence-corrected chi connectivity index (χ2v) is 5.96. The monoisotopic (exact) mass is 292 g/mol. The second kappa shape index (κ2) is 9.53. The highest BCUT2D eigenvalue weighted by molar-refractivity contribution is 5.76. The van der Waals surface area contributed by atoms with Gasteiger partial charge in [0.05, 0.1) is 6.61 Å². The van der Waals surface area contributed by atoms with Gasteiger partial charge in [0.25, 0.3) is 0 Å². The van der Waals surface area contributed by atoms with E-state index in [0.29, 0.717) is 32.0 Å². The van der Waals surface area contributed by atoms with Crippen LogP contribution in [0.1, 0.15) is 32.3 Å². The van der Waals surface area contributed by atoms with Crippen LogP contribution in [0, 0.1) is 11.8 Å². The van der Waals surface area contributed by atoms with Crippen molar-refractivity contribution < 1.29 is 9.90 Å². The van der Waals surface area contributed by atoms with Gasteiger partial charge in [0, 0.05) is 19.5 Å². The number of carbonyl (C=O) groups is 1. The molecule has 4 nitrogen and oxygen atoms in total. The number of amides is 1. The molecule has 3 N–H and O–H groups in total. The predicted octanol–water partition coefficient (Wildman–Crippen LogP) is 2.02. The molecule has 0 bridgehead atoms. The molecule has 4 heteroatoms. The van der Waals surface area contributed by atoms with Crippen molar-refractivity contribution in [2.75, 3.05) is 19.7 Å². The van der Waals surface area contributed by atoms with Gasteiger partial charge in [0.15, 0.2) is 0 Å². The summed E-state index contributed by atoms with van der Waals surface area (Å²) in [4.78, 5) is 14.2. The van der Waals surface area contributed by atoms with Crippen molar-refractivity contribution in [3.63, 3.8) is 0 Å². The van der Waals surface area contributed by atoms with Gasteiger partial charge in [-0.3, -0.25) is 4.79 Å². The van der Waals surface area contributed by atoms with Gasteiger partial charge in [0.1, 0.15) is 0 Å². The molecule has 21 heavy (non-hydrogen) atoms. The Hall–Kier alpha value is -1.39. The topological polar surface area (TPSA) is 66.6 Å². The summed E-state index contributed by atoms with van der Waals surface area (Å²) in [7, 11) is 0. The molecule has 0 heterocycles. The maximum atomic E-state index is 12.4. The fraction of sp³-hybridized carbons (Fsp3) is 0.588. The summed E-state index contributed by atoms with van der Waals surface area (Å²) >= 11 is 0. The van der Waals surface area contributed by atoms with Crippen molar-refractivity contribution in [1.82, 2.24) is 4.90 Å². The maximum absolute atomic E-state index is 12.4. The minimum absolute atomic E-state index is 0.0178. The van der Waals surface area contributed by atoms with Crippen molar-refractivity contribution in [1.29, 1.82) is 0 Å². The van der Waals surface area contributed by atoms with Gasteiger partial charge < -0.3 is 15.7 Å². The van der Waals surface area contributed by atoms with Crippen molar-refractivity contribution in [2.24, 2.45) is 17.6 Å². The Kier molecular flexibility index (Phi) is 8.01. The van der Waals surface area contributed by atoms with Crippen LogP contribution in [0.5, 0.6) is 0 Å². The van der Waals surface area contributed by atoms with E-state index >= 15 is 0 Å². The first-order valence-corrected chi connectivity index (χ1v) is 7.69. The molecule has 1 rings (SSSR count). The second-order valence-electron chi connectivity index (χ2n) is 5.96. The summed E-state index contributed by atoms with van der Waals surface area (Å²) in [5.41, 5.74) is 6.85. The molecule has 0 radical (unpaired) electrons. The summed E-state index contributed by atoms with van der Waals surface area (Å²) in [6.45, 7) is 5.70. The summed E-state index contributed by atoms with van der Waals surface area (Å²) in [5.74, 6) is 0.824. The number of aliphatic hydroxyl groups is 1. The lowest BCUT2D eigenvalue weighted by molar-refractivity contribution is -0.133. The lowest BCUT2D eigenvalue weighted by Crippen LogP contribution is -2.35. The van der Waals surface area contributed by atoms with E-state index in [1.807, 2.05) is 30.3 Å². The maximum Gasteiger partial charge on any atom is 0.223 e. The van der Waals surface area contributed by atoms with E-state index < -0.39 is 0 Å². The number of benzene rings is 1. The Morgan fingerprint density at radius 2 is 1.95 bits per heavy atom. The third-order valence-electron chi connectivity index (χ3n) is 3.54. The molecule has 1 aromatic rings. The Labute approximate surface area is 128 Å². The number of carbonyl (C=O) groups excluding carboxylic acids is 1. The Balaban J connectivity index is 2.64. The zero-order valence-electron chi connectivity index (χ0n) is 13.2. The van der Waals surface area contributed by atoms with Crippen LogP contribution in [0.25, 0.3) is 0 Å². The molecule has 0 aliphatic carbocycles. The van der Waals surface area contributed by atoms with Crippen LogP contribution in [0.15, 0.2) is 30.3 Å². The zero-order chi connectivity index (χ0) is 15.7. The summed E-state index contributed by atoms with van der Waals surface area (Å²) in [6, 6.07) is 9.85. The average molecular weight is 292 g/mol. The highest BCUT2D eigenvalue weighted by atomic mass is 16.3. The molecule has 0 aliphatic rings. The highest BCUT2D eigenvalue weighted by Gasteiger charge is 2.19. The van der Waals surface area contributed by atoms with Crippen LogP contribution in [-0.2, 0) is 11.3 Å². The van der Waals surface area contributed by atoms with E-state index in [0.717, 1.165) is 12.0 Å². The van der Waals surface area contributed by atoms with Gasteiger partial charge in [-0.1, -0.05) is 44.2 Å². The minimum atomic E-state index is -0.0178. The molecule has 0 saturated carbocycles. The number of aliphatic hydroxyl groups excluding tert-OH is 1. The quantitative estimate of drug-likeness (QED) is 0.732. The Morgan fingerprint density at radius 3 is 2.48 bits per heavy atom. The third kappa shape index (κ3) is 6.74. The van der Waals surface area contributed by atoms with Gasteiger partial charge in [-0.15, -0.1) is 0 Å². The van der Waals surface area contributed by atoms with Crippen molar-refractivity contribution in [3.8, 4) is 0 Å². The molecule has 118 valence electrons. The smallest absolute Gasteiger partial charge is 0.223 e. The van der Waals surface area contributed by atoms with Crippen LogP contribution in [0.4, 0.5) is 0 Å². The SMILES string of the molecule is CC(C)CC(CN)CC(=O)N(CCO)Cc1ccccc1. The largest absolute Gasteiger partial charge is 0.395 e. The van der Waals surface area contributed by atoms with Gasteiger partial charge in [-0.05, 0) is 30.4 Å². The predicted molar refractivity (Wildman–Crippen MR) is 85.6 cm³/mol. The van der Waals surface area contributed by atoms with Crippen LogP contribution in [0.2, 0.25) is 0 Å². The van der Waals surface area contributed by atoms with Crippen LogP contribution >= 0.6 is 0 Å². The normalized spacial score (nSPS) is 12.4. The molecule has 1 atom stereocenters. The fourth-order valence-electron chi connectivity index (χ4n) is 2.52. The van der Waals surface area contributed by atoms with E-state index in [2.05, 4.69) is 13.8 Å². The first-order chi connectivity index (χ1) is 10.1. The molecule has 1 unspecified atom stereocenters. The van der Waals surface area contributed by atoms with Crippen LogP contribution < -0.4 is 5.73 Å². The van der Waals surface area contributed by atoms with Gasteiger partial charge >= 0.3 is 0 Å². The van der Waals surface area contributed by atoms with Crippen molar-refractivity contribution in [2.45, 2.75) is 33.2 Å². The molecular weight excluding hydrogens is 264 g/mol. The number of nitrogens with two attached hydrogens (primary N) is 1. The van der Waals surface area contributed by atoms with Crippen molar-refractivity contribution >= 4 is 5.91 Å². The summed E-state index contributed by atoms with van der Waals surface area (Å²) in [6.07, 6.45) is 1.42. The van der Waals surface area contributed by atoms with E-state index in [-0.39, 0.29) is 18.4 Å². The first-order valence-electron chi connectivity index (χ1n) is 7.69. The molecule has 0 aromatic heterocycles. The van der Waals surface area contributed by atoms with E-state index in [1.165, 1.54) is 0 Å². The number of hydrogen-bond donors (Lipinski definition) is 2. The van der Waals surface area contributed by atoms with Gasteiger partial charge in [0.2, 0.25) is 5.91 Å². The van der Waals surface area contributed by atoms with E-state index in [9.17, 15) is 9.90 Å². The molecular formula is C17H28N2O2. The summed E-state index contributed by atoms with van der Waals surface area (Å²) < 4.78 is 0. The molecule has 0 spiro atoms. The molecule has 0 fully saturated rings. The van der Waals surface area contributed by atoms with Crippen LogP contribution in [0.3, 0.4) is 0 Å². The van der Waals surface area contributed by atoms with Crippen molar-refractivity contribution in [3.05, 3.63) is 35.9 Å². The lowest BCUT2D eigenvalue weighted by atomic mass is 9.93. The molecule has 1 aromatic carbocycles. The number of hydrogen-bond acceptors (Lipinski definition) is 3. The fourth-order valence-corrected chi connectivity index (χ4v) is 2.52. The van der Waals surface area contributed by atoms with Gasteiger partial charge in [-0.25, -0.2) is 0 Å². The zero-order valence-corrected chi connectivity index (χ0v) is 13.2. The van der Waals surface area contributed by atoms with E-state index in [4.69, 9.17) is 5.73 Å². The molecule has 1 amide bonds. The molecule has 0 aliphatic heterocycles. The van der Waals surface area contributed by atoms with E-state index in [1.54, 1.807) is 4.90 Å². The number of nitrogens with zero attached hydrogens (tertiary/aromatic N) is 1. The Morgan fingerprint density at radius 1 is 1.29 bits per heavy atom. The summed E-state index contributed by atoms with van der Waals surface area (Å²) in [5, 5.41) is 9.18. The average Bonchev–Trinajstić information content (AvgIpc) is 2.46. The first kappa shape index (κ1) is 17.7. The van der Waals surface area contributed by atoms with Crippen LogP contribution in [-0.4, -0.2) is 35.6 Å². The number of rotatable bonds is 9. The minimum Gasteiger partial charge on any atom is -0.395 e. The lowest BCUT2D eigenvalue weighted by Gasteiger charge is -2.25. The Bertz CT molecular complexity index is 407.